The van der Waals surface area contributed by atoms with Crippen molar-refractivity contribution in [2.24, 2.45) is 0 Å². The highest BCUT2D eigenvalue weighted by Crippen LogP contribution is 2.06. The molecule has 0 radical (unpaired) electrons. The number of carbonyl (C=O) groups excluding carboxylic acids is 1. The number of nitrogens with one attached hydrogen (secondary N) is 1. The second-order valence-corrected chi connectivity index (χ2v) is 4.33. The summed E-state index contributed by atoms with van der Waals surface area (Å²) in [7, 11) is 1.82. The summed E-state index contributed by atoms with van der Waals surface area (Å²) >= 11 is 0. The molecule has 0 spiro atoms. The summed E-state index contributed by atoms with van der Waals surface area (Å²) in [5.41, 5.74) is 2.31. The summed E-state index contributed by atoms with van der Waals surface area (Å²) in [5.74, 6) is -1.32. The Morgan fingerprint density at radius 3 is 2.63 bits per heavy atom. The van der Waals surface area contributed by atoms with Crippen LogP contribution < -0.4 is 5.32 Å². The van der Waals surface area contributed by atoms with Gasteiger partial charge in [-0.25, -0.2) is 0 Å². The Bertz CT molecular complexity index is 438. The number of carboxylic acids is 1. The van der Waals surface area contributed by atoms with E-state index in [1.807, 2.05) is 37.1 Å². The molecule has 0 aliphatic carbocycles. The standard InChI is InChI=1S/C13H18N2O3.ClH/c1-10-4-3-5-11(6-10)8-15(2)9-12(16)14-7-13(17)18;/h3-6H,7-9H2,1-2H3,(H,14,16)(H,17,18);1H. The second kappa shape index (κ2) is 8.50. The van der Waals surface area contributed by atoms with E-state index in [0.717, 1.165) is 5.56 Å². The average molecular weight is 287 g/mol. The topological polar surface area (TPSA) is 69.6 Å². The summed E-state index contributed by atoms with van der Waals surface area (Å²) in [5, 5.41) is 10.8. The maximum Gasteiger partial charge on any atom is 0.322 e. The molecule has 2 N–H and O–H groups in total. The molecule has 0 bridgehead atoms. The molecule has 5 nitrogen and oxygen atoms in total. The van der Waals surface area contributed by atoms with Crippen LogP contribution in [0.3, 0.4) is 0 Å². The number of aryl methyl sites for hydroxylation is 1. The molecule has 1 aromatic rings. The molecule has 1 aromatic carbocycles. The zero-order valence-electron chi connectivity index (χ0n) is 11.0. The van der Waals surface area contributed by atoms with Gasteiger partial charge in [-0.15, -0.1) is 12.4 Å². The van der Waals surface area contributed by atoms with Gasteiger partial charge < -0.3 is 10.4 Å². The number of benzene rings is 1. The monoisotopic (exact) mass is 286 g/mol. The smallest absolute Gasteiger partial charge is 0.322 e. The van der Waals surface area contributed by atoms with Gasteiger partial charge in [0.05, 0.1) is 6.54 Å². The van der Waals surface area contributed by atoms with Gasteiger partial charge in [0.15, 0.2) is 0 Å². The lowest BCUT2D eigenvalue weighted by molar-refractivity contribution is -0.138. The second-order valence-electron chi connectivity index (χ2n) is 4.33. The molecule has 0 atom stereocenters. The molecular formula is C13H19ClN2O3. The summed E-state index contributed by atoms with van der Waals surface area (Å²) in [6.07, 6.45) is 0. The number of nitrogens with zero attached hydrogens (tertiary/aromatic N) is 1. The van der Waals surface area contributed by atoms with Crippen LogP contribution in [0.15, 0.2) is 24.3 Å². The van der Waals surface area contributed by atoms with Crippen molar-refractivity contribution in [3.05, 3.63) is 35.4 Å². The molecule has 0 unspecified atom stereocenters. The number of carboxylic acid groups (broad SMARTS) is 1. The van der Waals surface area contributed by atoms with Gasteiger partial charge in [-0.1, -0.05) is 29.8 Å². The van der Waals surface area contributed by atoms with E-state index in [4.69, 9.17) is 5.11 Å². The Kier molecular flexibility index (Phi) is 7.79. The fourth-order valence-corrected chi connectivity index (χ4v) is 1.65. The number of hydrogen-bond donors (Lipinski definition) is 2. The van der Waals surface area contributed by atoms with Crippen molar-refractivity contribution in [2.75, 3.05) is 20.1 Å². The first-order chi connectivity index (χ1) is 8.47. The van der Waals surface area contributed by atoms with Gasteiger partial charge in [-0.2, -0.15) is 0 Å². The van der Waals surface area contributed by atoms with E-state index in [1.165, 1.54) is 5.56 Å². The third-order valence-electron chi connectivity index (χ3n) is 2.39. The summed E-state index contributed by atoms with van der Waals surface area (Å²) in [6, 6.07) is 8.05. The van der Waals surface area contributed by atoms with Crippen LogP contribution in [-0.2, 0) is 16.1 Å². The fourth-order valence-electron chi connectivity index (χ4n) is 1.65. The van der Waals surface area contributed by atoms with Crippen molar-refractivity contribution in [3.63, 3.8) is 0 Å². The van der Waals surface area contributed by atoms with Crippen LogP contribution in [0.5, 0.6) is 0 Å². The van der Waals surface area contributed by atoms with E-state index < -0.39 is 5.97 Å². The molecule has 106 valence electrons. The minimum atomic E-state index is -1.04. The lowest BCUT2D eigenvalue weighted by Crippen LogP contribution is -2.37. The Hall–Kier alpha value is -1.59. The van der Waals surface area contributed by atoms with E-state index in [9.17, 15) is 9.59 Å². The van der Waals surface area contributed by atoms with Crippen molar-refractivity contribution in [1.29, 1.82) is 0 Å². The first-order valence-corrected chi connectivity index (χ1v) is 5.70. The highest BCUT2D eigenvalue weighted by molar-refractivity contribution is 5.85. The number of aliphatic carboxylic acids is 1. The van der Waals surface area contributed by atoms with E-state index >= 15 is 0 Å². The van der Waals surface area contributed by atoms with Crippen LogP contribution in [-0.4, -0.2) is 42.0 Å². The molecule has 0 saturated heterocycles. The van der Waals surface area contributed by atoms with Crippen LogP contribution in [0.1, 0.15) is 11.1 Å². The zero-order valence-corrected chi connectivity index (χ0v) is 11.9. The Labute approximate surface area is 119 Å². The summed E-state index contributed by atoms with van der Waals surface area (Å²) in [6.45, 7) is 2.52. The van der Waals surface area contributed by atoms with Crippen molar-refractivity contribution >= 4 is 24.3 Å². The maximum absolute atomic E-state index is 11.4. The van der Waals surface area contributed by atoms with E-state index in [0.29, 0.717) is 6.54 Å². The first-order valence-electron chi connectivity index (χ1n) is 5.70. The molecule has 0 aromatic heterocycles. The lowest BCUT2D eigenvalue weighted by Gasteiger charge is -2.16. The van der Waals surface area contributed by atoms with E-state index in [-0.39, 0.29) is 31.4 Å². The molecule has 0 aliphatic heterocycles. The van der Waals surface area contributed by atoms with Crippen LogP contribution in [0, 0.1) is 6.92 Å². The lowest BCUT2D eigenvalue weighted by atomic mass is 10.1. The van der Waals surface area contributed by atoms with Gasteiger partial charge in [0.2, 0.25) is 5.91 Å². The van der Waals surface area contributed by atoms with E-state index in [2.05, 4.69) is 11.4 Å². The van der Waals surface area contributed by atoms with Gasteiger partial charge in [0, 0.05) is 6.54 Å². The Morgan fingerprint density at radius 1 is 1.37 bits per heavy atom. The Balaban J connectivity index is 0.00000324. The SMILES string of the molecule is Cc1cccc(CN(C)CC(=O)NCC(=O)O)c1.Cl. The molecule has 0 saturated carbocycles. The van der Waals surface area contributed by atoms with Crippen molar-refractivity contribution in [1.82, 2.24) is 10.2 Å². The van der Waals surface area contributed by atoms with Gasteiger partial charge in [0.25, 0.3) is 0 Å². The highest BCUT2D eigenvalue weighted by Gasteiger charge is 2.08. The average Bonchev–Trinajstić information content (AvgIpc) is 2.26. The number of likely N-dealkylation sites (N-methyl/N-ethyl adjacent to an activating group) is 1. The third kappa shape index (κ3) is 7.43. The summed E-state index contributed by atoms with van der Waals surface area (Å²) in [4.78, 5) is 23.5. The van der Waals surface area contributed by atoms with Gasteiger partial charge in [-0.3, -0.25) is 14.5 Å². The summed E-state index contributed by atoms with van der Waals surface area (Å²) < 4.78 is 0. The molecular weight excluding hydrogens is 268 g/mol. The maximum atomic E-state index is 11.4. The van der Waals surface area contributed by atoms with Crippen molar-refractivity contribution < 1.29 is 14.7 Å². The molecule has 19 heavy (non-hydrogen) atoms. The van der Waals surface area contributed by atoms with Crippen molar-refractivity contribution in [3.8, 4) is 0 Å². The van der Waals surface area contributed by atoms with Gasteiger partial charge in [0.1, 0.15) is 6.54 Å². The number of halogens is 1. The highest BCUT2D eigenvalue weighted by atomic mass is 35.5. The van der Waals surface area contributed by atoms with E-state index in [1.54, 1.807) is 0 Å². The minimum absolute atomic E-state index is 0. The predicted molar refractivity (Wildman–Crippen MR) is 75.4 cm³/mol. The largest absolute Gasteiger partial charge is 0.480 e. The number of amides is 1. The van der Waals surface area contributed by atoms with Crippen molar-refractivity contribution in [2.45, 2.75) is 13.5 Å². The molecule has 0 aliphatic rings. The third-order valence-corrected chi connectivity index (χ3v) is 2.39. The van der Waals surface area contributed by atoms with Gasteiger partial charge >= 0.3 is 5.97 Å². The van der Waals surface area contributed by atoms with Crippen LogP contribution >= 0.6 is 12.4 Å². The molecule has 0 fully saturated rings. The van der Waals surface area contributed by atoms with Crippen LogP contribution in [0.2, 0.25) is 0 Å². The molecule has 6 heteroatoms. The quantitative estimate of drug-likeness (QED) is 0.820. The first kappa shape index (κ1) is 17.4. The zero-order chi connectivity index (χ0) is 13.5. The van der Waals surface area contributed by atoms with Crippen LogP contribution in [0.25, 0.3) is 0 Å². The predicted octanol–water partition coefficient (Wildman–Crippen LogP) is 1.05. The normalized spacial score (nSPS) is 9.84. The number of carbonyl (C=O) groups is 2. The van der Waals surface area contributed by atoms with Gasteiger partial charge in [-0.05, 0) is 19.5 Å². The van der Waals surface area contributed by atoms with Crippen LogP contribution in [0.4, 0.5) is 0 Å². The number of rotatable bonds is 6. The molecule has 0 heterocycles. The minimum Gasteiger partial charge on any atom is -0.480 e. The Morgan fingerprint density at radius 2 is 2.05 bits per heavy atom. The molecule has 1 rings (SSSR count). The number of hydrogen-bond acceptors (Lipinski definition) is 3. The molecule has 1 amide bonds. The fraction of sp³-hybridized carbons (Fsp3) is 0.385.